The Balaban J connectivity index is 3.04. The van der Waals surface area contributed by atoms with E-state index in [1.54, 1.807) is 0 Å². The third-order valence-electron chi connectivity index (χ3n) is 0.557. The summed E-state index contributed by atoms with van der Waals surface area (Å²) in [6, 6.07) is 2.17. The van der Waals surface area contributed by atoms with Crippen molar-refractivity contribution in [3.8, 4) is 11.9 Å². The number of furan rings is 1. The fourth-order valence-electron chi connectivity index (χ4n) is 0.303. The number of rotatable bonds is 0. The molecule has 0 aliphatic carbocycles. The van der Waals surface area contributed by atoms with Gasteiger partial charge in [0.25, 0.3) is 0 Å². The highest BCUT2D eigenvalue weighted by Gasteiger charge is 1.75. The lowest BCUT2D eigenvalue weighted by Crippen LogP contribution is -1.85. The van der Waals surface area contributed by atoms with Gasteiger partial charge in [-0.1, -0.05) is 0 Å². The minimum absolute atomic E-state index is 0.579. The number of hydrogen-bond acceptors (Lipinski definition) is 3. The Morgan fingerprint density at radius 1 is 1.14 bits per heavy atom. The molecule has 0 amide bonds. The van der Waals surface area contributed by atoms with Crippen LogP contribution in [0.1, 0.15) is 0 Å². The molecule has 0 atom stereocenters. The predicted molar refractivity (Wildman–Crippen MR) is 17.6 cm³/mol. The Hall–Kier alpha value is -1.12. The average molecular weight is 98.1 g/mol. The van der Waals surface area contributed by atoms with Crippen LogP contribution in [0.2, 0.25) is 0 Å². The summed E-state index contributed by atoms with van der Waals surface area (Å²) in [7, 11) is 0. The van der Waals surface area contributed by atoms with Crippen molar-refractivity contribution in [2.45, 2.75) is 0 Å². The summed E-state index contributed by atoms with van der Waals surface area (Å²) in [5.41, 5.74) is 0. The van der Waals surface area contributed by atoms with E-state index >= 15 is 0 Å². The van der Waals surface area contributed by atoms with Gasteiger partial charge < -0.3 is 14.6 Å². The quantitative estimate of drug-likeness (QED) is 0.436. The van der Waals surface area contributed by atoms with E-state index in [-0.39, 0.29) is 0 Å². The summed E-state index contributed by atoms with van der Waals surface area (Å²) in [6.45, 7) is 0. The SMILES string of the molecule is [O-]c1ccc([O-])o1. The highest BCUT2D eigenvalue weighted by atomic mass is 16.5. The predicted octanol–water partition coefficient (Wildman–Crippen LogP) is -0.573. The Labute approximate surface area is 39.8 Å². The summed E-state index contributed by atoms with van der Waals surface area (Å²) in [6.07, 6.45) is 0. The third kappa shape index (κ3) is 0.652. The normalized spacial score (nSPS) is 9.14. The average Bonchev–Trinajstić information content (AvgIpc) is 1.87. The van der Waals surface area contributed by atoms with Crippen LogP contribution in [0.5, 0.6) is 11.9 Å². The van der Waals surface area contributed by atoms with E-state index in [2.05, 4.69) is 4.42 Å². The van der Waals surface area contributed by atoms with Gasteiger partial charge in [-0.25, -0.2) is 0 Å². The molecule has 0 aromatic carbocycles. The van der Waals surface area contributed by atoms with Crippen LogP contribution >= 0.6 is 0 Å². The molecule has 0 aliphatic rings. The molecule has 0 bridgehead atoms. The first-order chi connectivity index (χ1) is 3.29. The molecule has 3 heteroatoms. The van der Waals surface area contributed by atoms with Crippen LogP contribution in [-0.2, 0) is 0 Å². The van der Waals surface area contributed by atoms with Crippen LogP contribution in [-0.4, -0.2) is 0 Å². The van der Waals surface area contributed by atoms with Crippen molar-refractivity contribution in [2.75, 3.05) is 0 Å². The zero-order chi connectivity index (χ0) is 5.28. The van der Waals surface area contributed by atoms with Gasteiger partial charge in [0.1, 0.15) is 0 Å². The largest absolute Gasteiger partial charge is 0.572 e. The van der Waals surface area contributed by atoms with Crippen molar-refractivity contribution in [1.82, 2.24) is 0 Å². The number of hydrogen-bond donors (Lipinski definition) is 0. The summed E-state index contributed by atoms with van der Waals surface area (Å²) in [5.74, 6) is -1.16. The molecule has 0 saturated heterocycles. The van der Waals surface area contributed by atoms with E-state index in [1.165, 1.54) is 0 Å². The van der Waals surface area contributed by atoms with Crippen LogP contribution in [0, 0.1) is 0 Å². The molecule has 1 rings (SSSR count). The fraction of sp³-hybridized carbons (Fsp3) is 0. The van der Waals surface area contributed by atoms with Gasteiger partial charge in [-0.05, 0) is 12.1 Å². The van der Waals surface area contributed by atoms with Gasteiger partial charge in [0, 0.05) is 0 Å². The lowest BCUT2D eigenvalue weighted by Gasteiger charge is -1.91. The van der Waals surface area contributed by atoms with Crippen LogP contribution in [0.4, 0.5) is 0 Å². The van der Waals surface area contributed by atoms with Gasteiger partial charge in [0.2, 0.25) is 0 Å². The first-order valence-electron chi connectivity index (χ1n) is 1.73. The van der Waals surface area contributed by atoms with Crippen molar-refractivity contribution in [1.29, 1.82) is 0 Å². The van der Waals surface area contributed by atoms with E-state index < -0.39 is 11.9 Å². The molecule has 0 fully saturated rings. The van der Waals surface area contributed by atoms with E-state index in [0.717, 1.165) is 12.1 Å². The maximum atomic E-state index is 9.92. The molecule has 38 valence electrons. The van der Waals surface area contributed by atoms with Crippen molar-refractivity contribution < 1.29 is 14.6 Å². The van der Waals surface area contributed by atoms with E-state index in [4.69, 9.17) is 0 Å². The van der Waals surface area contributed by atoms with Crippen molar-refractivity contribution in [3.63, 3.8) is 0 Å². The molecule has 0 spiro atoms. The minimum atomic E-state index is -0.579. The summed E-state index contributed by atoms with van der Waals surface area (Å²) >= 11 is 0. The smallest absolute Gasteiger partial charge is 0.0564 e. The van der Waals surface area contributed by atoms with Crippen LogP contribution < -0.4 is 10.2 Å². The highest BCUT2D eigenvalue weighted by molar-refractivity contribution is 5.10. The van der Waals surface area contributed by atoms with Crippen molar-refractivity contribution in [3.05, 3.63) is 12.1 Å². The topological polar surface area (TPSA) is 59.3 Å². The molecule has 1 aromatic rings. The molecule has 1 heterocycles. The van der Waals surface area contributed by atoms with E-state index in [0.29, 0.717) is 0 Å². The maximum absolute atomic E-state index is 9.92. The van der Waals surface area contributed by atoms with Gasteiger partial charge in [0.05, 0.1) is 11.9 Å². The molecule has 3 nitrogen and oxygen atoms in total. The van der Waals surface area contributed by atoms with Gasteiger partial charge in [0.15, 0.2) is 0 Å². The van der Waals surface area contributed by atoms with Gasteiger partial charge in [-0.3, -0.25) is 0 Å². The lowest BCUT2D eigenvalue weighted by molar-refractivity contribution is -0.323. The Morgan fingerprint density at radius 3 is 1.71 bits per heavy atom. The van der Waals surface area contributed by atoms with E-state index in [1.807, 2.05) is 0 Å². The molecular weight excluding hydrogens is 96.0 g/mol. The molecule has 1 aromatic heterocycles. The molecular formula is C4H2O3-2. The second-order valence-corrected chi connectivity index (χ2v) is 1.07. The Morgan fingerprint density at radius 2 is 1.57 bits per heavy atom. The fourth-order valence-corrected chi connectivity index (χ4v) is 0.303. The zero-order valence-electron chi connectivity index (χ0n) is 3.38. The van der Waals surface area contributed by atoms with Crippen LogP contribution in [0.15, 0.2) is 16.5 Å². The second kappa shape index (κ2) is 1.18. The second-order valence-electron chi connectivity index (χ2n) is 1.07. The van der Waals surface area contributed by atoms with Crippen molar-refractivity contribution in [2.24, 2.45) is 0 Å². The Bertz CT molecular complexity index is 139. The van der Waals surface area contributed by atoms with Gasteiger partial charge in [-0.2, -0.15) is 0 Å². The monoisotopic (exact) mass is 98.0 g/mol. The van der Waals surface area contributed by atoms with Gasteiger partial charge in [-0.15, -0.1) is 0 Å². The van der Waals surface area contributed by atoms with Crippen molar-refractivity contribution >= 4 is 0 Å². The highest BCUT2D eigenvalue weighted by Crippen LogP contribution is 2.12. The van der Waals surface area contributed by atoms with E-state index in [9.17, 15) is 10.2 Å². The molecule has 0 N–H and O–H groups in total. The first kappa shape index (κ1) is 4.05. The third-order valence-corrected chi connectivity index (χ3v) is 0.557. The standard InChI is InChI=1S/C4H4O3/c5-3-1-2-4(6)7-3/h1-2,5-6H/p-2. The summed E-state index contributed by atoms with van der Waals surface area (Å²) in [5, 5.41) is 19.8. The molecule has 0 radical (unpaired) electrons. The minimum Gasteiger partial charge on any atom is -0.572 e. The zero-order valence-corrected chi connectivity index (χ0v) is 3.38. The van der Waals surface area contributed by atoms with Crippen LogP contribution in [0.3, 0.4) is 0 Å². The summed E-state index contributed by atoms with van der Waals surface area (Å²) < 4.78 is 3.97. The van der Waals surface area contributed by atoms with Gasteiger partial charge >= 0.3 is 0 Å². The maximum Gasteiger partial charge on any atom is 0.0564 e. The Kier molecular flexibility index (Phi) is 0.685. The molecule has 7 heavy (non-hydrogen) atoms. The first-order valence-corrected chi connectivity index (χ1v) is 1.73. The lowest BCUT2D eigenvalue weighted by atomic mass is 10.6. The molecule has 0 saturated carbocycles. The van der Waals surface area contributed by atoms with Crippen LogP contribution in [0.25, 0.3) is 0 Å². The molecule has 0 unspecified atom stereocenters. The molecule has 0 aliphatic heterocycles. The summed E-state index contributed by atoms with van der Waals surface area (Å²) in [4.78, 5) is 0.